The molecule has 0 aliphatic rings. The first-order chi connectivity index (χ1) is 9.02. The number of hydrogen-bond acceptors (Lipinski definition) is 3. The molecule has 1 aromatic rings. The van der Waals surface area contributed by atoms with E-state index in [-0.39, 0.29) is 30.3 Å². The summed E-state index contributed by atoms with van der Waals surface area (Å²) in [5.74, 6) is -0.153. The molecule has 0 fully saturated rings. The highest BCUT2D eigenvalue weighted by Gasteiger charge is 2.06. The smallest absolute Gasteiger partial charge is 0.251 e. The van der Waals surface area contributed by atoms with Crippen LogP contribution in [0.15, 0.2) is 24.3 Å². The van der Waals surface area contributed by atoms with Gasteiger partial charge in [-0.05, 0) is 31.0 Å². The quantitative estimate of drug-likeness (QED) is 0.728. The van der Waals surface area contributed by atoms with E-state index in [1.54, 1.807) is 20.0 Å². The third kappa shape index (κ3) is 6.54. The van der Waals surface area contributed by atoms with Crippen molar-refractivity contribution in [2.24, 2.45) is 5.73 Å². The monoisotopic (exact) mass is 299 g/mol. The van der Waals surface area contributed by atoms with E-state index in [4.69, 9.17) is 5.73 Å². The van der Waals surface area contributed by atoms with Crippen LogP contribution in [0.5, 0.6) is 0 Å². The molecule has 6 heteroatoms. The van der Waals surface area contributed by atoms with E-state index >= 15 is 0 Å². The predicted octanol–water partition coefficient (Wildman–Crippen LogP) is 0.864. The number of rotatable bonds is 6. The largest absolute Gasteiger partial charge is 0.356 e. The Morgan fingerprint density at radius 3 is 2.65 bits per heavy atom. The molecule has 0 aliphatic heterocycles. The fraction of sp³-hybridized carbons (Fsp3) is 0.429. The van der Waals surface area contributed by atoms with Crippen LogP contribution in [0.3, 0.4) is 0 Å². The number of carbonyl (C=O) groups excluding carboxylic acids is 2. The lowest BCUT2D eigenvalue weighted by Crippen LogP contribution is -2.31. The van der Waals surface area contributed by atoms with Crippen LogP contribution in [-0.2, 0) is 11.2 Å². The van der Waals surface area contributed by atoms with Gasteiger partial charge in [0.05, 0.1) is 0 Å². The third-order valence-electron chi connectivity index (χ3n) is 2.66. The summed E-state index contributed by atoms with van der Waals surface area (Å²) in [6, 6.07) is 7.23. The molecule has 1 unspecified atom stereocenters. The van der Waals surface area contributed by atoms with Crippen LogP contribution >= 0.6 is 12.4 Å². The van der Waals surface area contributed by atoms with Crippen LogP contribution in [0.1, 0.15) is 29.3 Å². The molecule has 4 N–H and O–H groups in total. The van der Waals surface area contributed by atoms with Crippen molar-refractivity contribution in [2.45, 2.75) is 25.8 Å². The van der Waals surface area contributed by atoms with E-state index in [0.717, 1.165) is 5.56 Å². The van der Waals surface area contributed by atoms with E-state index in [1.165, 1.54) is 0 Å². The second-order valence-corrected chi connectivity index (χ2v) is 4.56. The molecule has 5 nitrogen and oxygen atoms in total. The molecular formula is C14H22ClN3O2. The number of amides is 2. The maximum absolute atomic E-state index is 11.5. The maximum Gasteiger partial charge on any atom is 0.251 e. The van der Waals surface area contributed by atoms with Gasteiger partial charge in [0.2, 0.25) is 5.91 Å². The average Bonchev–Trinajstić information content (AvgIpc) is 2.37. The van der Waals surface area contributed by atoms with E-state index in [2.05, 4.69) is 10.6 Å². The van der Waals surface area contributed by atoms with Crippen LogP contribution in [0, 0.1) is 0 Å². The number of nitrogens with one attached hydrogen (secondary N) is 2. The number of carbonyl (C=O) groups is 2. The minimum Gasteiger partial charge on any atom is -0.356 e. The summed E-state index contributed by atoms with van der Waals surface area (Å²) in [4.78, 5) is 22.9. The Balaban J connectivity index is 0.00000361. The number of hydrogen-bond donors (Lipinski definition) is 3. The van der Waals surface area contributed by atoms with E-state index in [1.807, 2.05) is 18.2 Å². The fourth-order valence-corrected chi connectivity index (χ4v) is 1.72. The van der Waals surface area contributed by atoms with Gasteiger partial charge in [-0.2, -0.15) is 0 Å². The summed E-state index contributed by atoms with van der Waals surface area (Å²) < 4.78 is 0. The van der Waals surface area contributed by atoms with E-state index in [0.29, 0.717) is 24.9 Å². The fourth-order valence-electron chi connectivity index (χ4n) is 1.72. The highest BCUT2D eigenvalue weighted by atomic mass is 35.5. The molecule has 112 valence electrons. The summed E-state index contributed by atoms with van der Waals surface area (Å²) in [6.07, 6.45) is 1.02. The Bertz CT molecular complexity index is 450. The molecule has 20 heavy (non-hydrogen) atoms. The molecule has 1 aromatic carbocycles. The lowest BCUT2D eigenvalue weighted by Gasteiger charge is -2.08. The number of halogens is 1. The van der Waals surface area contributed by atoms with Gasteiger partial charge >= 0.3 is 0 Å². The zero-order valence-corrected chi connectivity index (χ0v) is 12.6. The molecule has 0 spiro atoms. The summed E-state index contributed by atoms with van der Waals surface area (Å²) in [6.45, 7) is 2.34. The van der Waals surface area contributed by atoms with Gasteiger partial charge in [-0.15, -0.1) is 12.4 Å². The van der Waals surface area contributed by atoms with Crippen molar-refractivity contribution >= 4 is 24.2 Å². The first kappa shape index (κ1) is 18.4. The zero-order valence-electron chi connectivity index (χ0n) is 11.8. The molecular weight excluding hydrogens is 278 g/mol. The van der Waals surface area contributed by atoms with Crippen LogP contribution in [0.25, 0.3) is 0 Å². The SMILES string of the molecule is CNC(=O)c1cccc(CCNC(=O)CC(C)N)c1.Cl. The summed E-state index contributed by atoms with van der Waals surface area (Å²) in [5, 5.41) is 5.39. The zero-order chi connectivity index (χ0) is 14.3. The Hall–Kier alpha value is -1.59. The predicted molar refractivity (Wildman–Crippen MR) is 82.1 cm³/mol. The van der Waals surface area contributed by atoms with Crippen molar-refractivity contribution in [3.05, 3.63) is 35.4 Å². The molecule has 0 radical (unpaired) electrons. The van der Waals surface area contributed by atoms with Gasteiger partial charge in [-0.25, -0.2) is 0 Å². The van der Waals surface area contributed by atoms with Crippen molar-refractivity contribution in [2.75, 3.05) is 13.6 Å². The standard InChI is InChI=1S/C14H21N3O2.ClH/c1-10(15)8-13(18)17-7-6-11-4-3-5-12(9-11)14(19)16-2;/h3-5,9-10H,6-8,15H2,1-2H3,(H,16,19)(H,17,18);1H. The first-order valence-electron chi connectivity index (χ1n) is 6.36. The molecule has 0 aliphatic carbocycles. The summed E-state index contributed by atoms with van der Waals surface area (Å²) in [5.41, 5.74) is 7.18. The first-order valence-corrected chi connectivity index (χ1v) is 6.36. The third-order valence-corrected chi connectivity index (χ3v) is 2.66. The van der Waals surface area contributed by atoms with Crippen molar-refractivity contribution in [1.29, 1.82) is 0 Å². The molecule has 0 aromatic heterocycles. The van der Waals surface area contributed by atoms with Gasteiger partial charge < -0.3 is 16.4 Å². The Labute approximate surface area is 125 Å². The second kappa shape index (κ2) is 9.34. The van der Waals surface area contributed by atoms with Gasteiger partial charge in [0.15, 0.2) is 0 Å². The second-order valence-electron chi connectivity index (χ2n) is 4.56. The van der Waals surface area contributed by atoms with Crippen molar-refractivity contribution < 1.29 is 9.59 Å². The Kier molecular flexibility index (Phi) is 8.59. The molecule has 0 saturated carbocycles. The normalized spacial score (nSPS) is 11.2. The van der Waals surface area contributed by atoms with E-state index in [9.17, 15) is 9.59 Å². The lowest BCUT2D eigenvalue weighted by molar-refractivity contribution is -0.121. The Morgan fingerprint density at radius 1 is 1.35 bits per heavy atom. The minimum atomic E-state index is -0.128. The van der Waals surface area contributed by atoms with Gasteiger partial charge in [-0.1, -0.05) is 12.1 Å². The highest BCUT2D eigenvalue weighted by molar-refractivity contribution is 5.94. The van der Waals surface area contributed by atoms with Crippen LogP contribution in [0.2, 0.25) is 0 Å². The number of nitrogens with two attached hydrogens (primary N) is 1. The van der Waals surface area contributed by atoms with Crippen LogP contribution in [-0.4, -0.2) is 31.4 Å². The lowest BCUT2D eigenvalue weighted by atomic mass is 10.1. The average molecular weight is 300 g/mol. The van der Waals surface area contributed by atoms with Crippen molar-refractivity contribution in [3.63, 3.8) is 0 Å². The van der Waals surface area contributed by atoms with Gasteiger partial charge in [0.1, 0.15) is 0 Å². The molecule has 0 saturated heterocycles. The molecule has 0 heterocycles. The van der Waals surface area contributed by atoms with Gasteiger partial charge in [-0.3, -0.25) is 9.59 Å². The molecule has 1 rings (SSSR count). The summed E-state index contributed by atoms with van der Waals surface area (Å²) in [7, 11) is 1.60. The maximum atomic E-state index is 11.5. The summed E-state index contributed by atoms with van der Waals surface area (Å²) >= 11 is 0. The molecule has 2 amide bonds. The van der Waals surface area contributed by atoms with Crippen LogP contribution in [0.4, 0.5) is 0 Å². The van der Waals surface area contributed by atoms with Crippen molar-refractivity contribution in [3.8, 4) is 0 Å². The van der Waals surface area contributed by atoms with Gasteiger partial charge in [0, 0.05) is 31.6 Å². The Morgan fingerprint density at radius 2 is 2.05 bits per heavy atom. The topological polar surface area (TPSA) is 84.2 Å². The van der Waals surface area contributed by atoms with Crippen LogP contribution < -0.4 is 16.4 Å². The van der Waals surface area contributed by atoms with E-state index < -0.39 is 0 Å². The number of benzene rings is 1. The van der Waals surface area contributed by atoms with Gasteiger partial charge in [0.25, 0.3) is 5.91 Å². The minimum absolute atomic E-state index is 0. The molecule has 1 atom stereocenters. The highest BCUT2D eigenvalue weighted by Crippen LogP contribution is 2.05. The van der Waals surface area contributed by atoms with Crippen molar-refractivity contribution in [1.82, 2.24) is 10.6 Å². The molecule has 0 bridgehead atoms.